The Morgan fingerprint density at radius 2 is 1.83 bits per heavy atom. The van der Waals surface area contributed by atoms with Gasteiger partial charge in [-0.15, -0.1) is 0 Å². The van der Waals surface area contributed by atoms with Crippen molar-refractivity contribution in [2.45, 2.75) is 37.2 Å². The summed E-state index contributed by atoms with van der Waals surface area (Å²) >= 11 is 0. The van der Waals surface area contributed by atoms with Crippen molar-refractivity contribution in [1.29, 1.82) is 0 Å². The Morgan fingerprint density at radius 1 is 1.06 bits per heavy atom. The van der Waals surface area contributed by atoms with Gasteiger partial charge in [-0.2, -0.15) is 0 Å². The molecule has 178 valence electrons. The quantitative estimate of drug-likeness (QED) is 0.435. The number of carbonyl (C=O) groups excluding carboxylic acids is 1. The molecule has 2 atom stereocenters. The first-order chi connectivity index (χ1) is 16.8. The summed E-state index contributed by atoms with van der Waals surface area (Å²) in [6.45, 7) is 3.79. The van der Waals surface area contributed by atoms with Crippen LogP contribution in [0.4, 0.5) is 5.69 Å². The molecular weight excluding hydrogens is 460 g/mol. The Labute approximate surface area is 205 Å². The average Bonchev–Trinajstić information content (AvgIpc) is 3.52. The highest BCUT2D eigenvalue weighted by Crippen LogP contribution is 2.36. The molecule has 35 heavy (non-hydrogen) atoms. The number of para-hydroxylation sites is 1. The molecule has 7 nitrogen and oxygen atoms in total. The first-order valence-corrected chi connectivity index (χ1v) is 12.9. The van der Waals surface area contributed by atoms with Crippen molar-refractivity contribution in [1.82, 2.24) is 14.9 Å². The highest BCUT2D eigenvalue weighted by atomic mass is 32.2. The molecule has 1 amide bonds. The lowest BCUT2D eigenvalue weighted by molar-refractivity contribution is 0.0939. The molecule has 3 aromatic carbocycles. The second-order valence-electron chi connectivity index (χ2n) is 8.77. The van der Waals surface area contributed by atoms with E-state index in [9.17, 15) is 13.2 Å². The maximum Gasteiger partial charge on any atom is 0.264 e. The fourth-order valence-corrected chi connectivity index (χ4v) is 6.26. The number of aromatic nitrogens is 2. The van der Waals surface area contributed by atoms with Crippen molar-refractivity contribution in [3.63, 3.8) is 0 Å². The number of hydrogen-bond donors (Lipinski definition) is 1. The van der Waals surface area contributed by atoms with E-state index in [4.69, 9.17) is 0 Å². The van der Waals surface area contributed by atoms with Crippen molar-refractivity contribution >= 4 is 21.6 Å². The van der Waals surface area contributed by atoms with Gasteiger partial charge in [-0.3, -0.25) is 9.10 Å². The van der Waals surface area contributed by atoms with Gasteiger partial charge in [-0.05, 0) is 67.8 Å². The lowest BCUT2D eigenvalue weighted by atomic mass is 10.1. The Morgan fingerprint density at radius 3 is 2.57 bits per heavy atom. The van der Waals surface area contributed by atoms with E-state index in [-0.39, 0.29) is 22.9 Å². The largest absolute Gasteiger partial charge is 0.346 e. The zero-order valence-electron chi connectivity index (χ0n) is 19.5. The zero-order chi connectivity index (χ0) is 24.6. The molecular formula is C27H26N4O3S. The second kappa shape index (κ2) is 9.03. The molecule has 0 spiro atoms. The number of imidazole rings is 1. The van der Waals surface area contributed by atoms with Gasteiger partial charge in [-0.1, -0.05) is 36.4 Å². The van der Waals surface area contributed by atoms with Crippen molar-refractivity contribution in [2.75, 3.05) is 4.31 Å². The van der Waals surface area contributed by atoms with E-state index in [2.05, 4.69) is 10.3 Å². The SMILES string of the molecule is CC(NC(=O)c1cccc(S(=O)(=O)N2c3ccccc3CC2C)c1)c1ccc(-n2ccnc2)cc1. The molecule has 0 saturated carbocycles. The molecule has 2 unspecified atom stereocenters. The Bertz CT molecular complexity index is 1460. The number of anilines is 1. The Hall–Kier alpha value is -3.91. The van der Waals surface area contributed by atoms with Crippen LogP contribution in [0.15, 0.2) is 96.4 Å². The van der Waals surface area contributed by atoms with Gasteiger partial charge in [0.2, 0.25) is 0 Å². The van der Waals surface area contributed by atoms with Crippen LogP contribution in [0.5, 0.6) is 0 Å². The predicted molar refractivity (Wildman–Crippen MR) is 135 cm³/mol. The van der Waals surface area contributed by atoms with E-state index < -0.39 is 10.0 Å². The van der Waals surface area contributed by atoms with Crippen LogP contribution in [0.3, 0.4) is 0 Å². The number of benzene rings is 3. The summed E-state index contributed by atoms with van der Waals surface area (Å²) in [6.07, 6.45) is 5.96. The molecule has 2 heterocycles. The third-order valence-electron chi connectivity index (χ3n) is 6.34. The Kier molecular flexibility index (Phi) is 5.90. The summed E-state index contributed by atoms with van der Waals surface area (Å²) in [4.78, 5) is 17.2. The standard InChI is InChI=1S/C27H26N4O3S/c1-19-16-22-6-3-4-9-26(22)31(19)35(33,34)25-8-5-7-23(17-25)27(32)29-20(2)21-10-12-24(13-11-21)30-15-14-28-18-30/h3-15,17-20H,16H2,1-2H3,(H,29,32). The van der Waals surface area contributed by atoms with E-state index in [1.165, 1.54) is 16.4 Å². The minimum atomic E-state index is -3.82. The average molecular weight is 487 g/mol. The molecule has 0 fully saturated rings. The van der Waals surface area contributed by atoms with Gasteiger partial charge in [0.05, 0.1) is 23.0 Å². The fraction of sp³-hybridized carbons (Fsp3) is 0.185. The van der Waals surface area contributed by atoms with Crippen molar-refractivity contribution in [2.24, 2.45) is 0 Å². The predicted octanol–water partition coefficient (Wildman–Crippen LogP) is 4.50. The molecule has 0 saturated heterocycles. The third kappa shape index (κ3) is 4.33. The van der Waals surface area contributed by atoms with Gasteiger partial charge >= 0.3 is 0 Å². The van der Waals surface area contributed by atoms with Gasteiger partial charge in [-0.25, -0.2) is 13.4 Å². The summed E-state index contributed by atoms with van der Waals surface area (Å²) < 4.78 is 30.4. The minimum absolute atomic E-state index is 0.103. The summed E-state index contributed by atoms with van der Waals surface area (Å²) in [5, 5.41) is 2.97. The molecule has 8 heteroatoms. The molecule has 5 rings (SSSR count). The van der Waals surface area contributed by atoms with Crippen LogP contribution >= 0.6 is 0 Å². The molecule has 4 aromatic rings. The van der Waals surface area contributed by atoms with Crippen LogP contribution in [0, 0.1) is 0 Å². The molecule has 1 N–H and O–H groups in total. The summed E-state index contributed by atoms with van der Waals surface area (Å²) in [6, 6.07) is 21.1. The number of fused-ring (bicyclic) bond motifs is 1. The minimum Gasteiger partial charge on any atom is -0.346 e. The smallest absolute Gasteiger partial charge is 0.264 e. The molecule has 1 aromatic heterocycles. The number of sulfonamides is 1. The van der Waals surface area contributed by atoms with Crippen LogP contribution in [0.2, 0.25) is 0 Å². The van der Waals surface area contributed by atoms with Gasteiger partial charge < -0.3 is 9.88 Å². The first-order valence-electron chi connectivity index (χ1n) is 11.5. The zero-order valence-corrected chi connectivity index (χ0v) is 20.3. The summed E-state index contributed by atoms with van der Waals surface area (Å²) in [7, 11) is -3.82. The second-order valence-corrected chi connectivity index (χ2v) is 10.6. The third-order valence-corrected chi connectivity index (χ3v) is 8.27. The monoisotopic (exact) mass is 486 g/mol. The van der Waals surface area contributed by atoms with E-state index in [0.29, 0.717) is 17.7 Å². The van der Waals surface area contributed by atoms with E-state index in [0.717, 1.165) is 16.8 Å². The number of nitrogens with zero attached hydrogens (tertiary/aromatic N) is 3. The van der Waals surface area contributed by atoms with Crippen LogP contribution in [-0.4, -0.2) is 29.9 Å². The lowest BCUT2D eigenvalue weighted by Crippen LogP contribution is -2.36. The van der Waals surface area contributed by atoms with Gasteiger partial charge in [0.15, 0.2) is 0 Å². The molecule has 0 aliphatic carbocycles. The van der Waals surface area contributed by atoms with E-state index in [1.807, 2.05) is 73.1 Å². The normalized spacial score (nSPS) is 16.1. The maximum atomic E-state index is 13.5. The fourth-order valence-electron chi connectivity index (χ4n) is 4.53. The van der Waals surface area contributed by atoms with E-state index >= 15 is 0 Å². The summed E-state index contributed by atoms with van der Waals surface area (Å²) in [5.74, 6) is -0.330. The number of hydrogen-bond acceptors (Lipinski definition) is 4. The number of amides is 1. The molecule has 0 bridgehead atoms. The van der Waals surface area contributed by atoms with Crippen molar-refractivity contribution < 1.29 is 13.2 Å². The Balaban J connectivity index is 1.34. The molecule has 1 aliphatic rings. The van der Waals surface area contributed by atoms with Crippen molar-refractivity contribution in [3.8, 4) is 5.69 Å². The van der Waals surface area contributed by atoms with E-state index in [1.54, 1.807) is 24.7 Å². The maximum absolute atomic E-state index is 13.5. The van der Waals surface area contributed by atoms with Crippen LogP contribution < -0.4 is 9.62 Å². The van der Waals surface area contributed by atoms with Gasteiger partial charge in [0.25, 0.3) is 15.9 Å². The van der Waals surface area contributed by atoms with Gasteiger partial charge in [0, 0.05) is 29.7 Å². The number of rotatable bonds is 6. The van der Waals surface area contributed by atoms with Crippen LogP contribution in [0.1, 0.15) is 41.4 Å². The number of carbonyl (C=O) groups is 1. The first kappa shape index (κ1) is 22.9. The van der Waals surface area contributed by atoms with Gasteiger partial charge in [0.1, 0.15) is 0 Å². The van der Waals surface area contributed by atoms with Crippen LogP contribution in [-0.2, 0) is 16.4 Å². The van der Waals surface area contributed by atoms with Crippen molar-refractivity contribution in [3.05, 3.63) is 108 Å². The summed E-state index contributed by atoms with van der Waals surface area (Å²) in [5.41, 5.74) is 3.91. The highest BCUT2D eigenvalue weighted by Gasteiger charge is 2.36. The van der Waals surface area contributed by atoms with Crippen LogP contribution in [0.25, 0.3) is 5.69 Å². The number of nitrogens with one attached hydrogen (secondary N) is 1. The topological polar surface area (TPSA) is 84.3 Å². The molecule has 0 radical (unpaired) electrons. The molecule has 1 aliphatic heterocycles. The lowest BCUT2D eigenvalue weighted by Gasteiger charge is -2.24. The highest BCUT2D eigenvalue weighted by molar-refractivity contribution is 7.92.